The standard InChI is InChI=1S/C8H6F2N2O5/c1-17-8(14)3-2-4(13)11-5(7(9)10)6(3)12(15)16/h2,7H,1H3,(H,11,13). The van der Waals surface area contributed by atoms with Crippen molar-refractivity contribution in [2.75, 3.05) is 7.11 Å². The van der Waals surface area contributed by atoms with Gasteiger partial charge in [-0.3, -0.25) is 14.9 Å². The largest absolute Gasteiger partial charge is 0.465 e. The fourth-order valence-electron chi connectivity index (χ4n) is 1.19. The fraction of sp³-hybridized carbons (Fsp3) is 0.250. The van der Waals surface area contributed by atoms with Crippen LogP contribution in [0.2, 0.25) is 0 Å². The van der Waals surface area contributed by atoms with Gasteiger partial charge in [0.15, 0.2) is 5.69 Å². The minimum absolute atomic E-state index is 0.538. The van der Waals surface area contributed by atoms with Gasteiger partial charge in [-0.1, -0.05) is 0 Å². The van der Waals surface area contributed by atoms with Gasteiger partial charge in [-0.25, -0.2) is 13.6 Å². The number of carbonyl (C=O) groups excluding carboxylic acids is 1. The van der Waals surface area contributed by atoms with Crippen LogP contribution in [0.3, 0.4) is 0 Å². The van der Waals surface area contributed by atoms with Crippen molar-refractivity contribution in [3.63, 3.8) is 0 Å². The number of H-pyrrole nitrogens is 1. The van der Waals surface area contributed by atoms with Crippen molar-refractivity contribution in [3.8, 4) is 0 Å². The number of alkyl halides is 2. The molecule has 92 valence electrons. The molecule has 0 fully saturated rings. The number of carbonyl (C=O) groups is 1. The molecule has 0 bridgehead atoms. The zero-order valence-electron chi connectivity index (χ0n) is 8.40. The summed E-state index contributed by atoms with van der Waals surface area (Å²) < 4.78 is 29.2. The van der Waals surface area contributed by atoms with E-state index in [9.17, 15) is 28.5 Å². The Morgan fingerprint density at radius 2 is 2.18 bits per heavy atom. The summed E-state index contributed by atoms with van der Waals surface area (Å²) in [6.45, 7) is 0. The second kappa shape index (κ2) is 4.68. The highest BCUT2D eigenvalue weighted by Gasteiger charge is 2.31. The SMILES string of the molecule is COC(=O)c1cc(=O)[nH]c(C(F)F)c1[N+](=O)[O-]. The van der Waals surface area contributed by atoms with Crippen LogP contribution in [0.1, 0.15) is 22.5 Å². The Balaban J connectivity index is 3.63. The highest BCUT2D eigenvalue weighted by atomic mass is 19.3. The molecule has 0 radical (unpaired) electrons. The van der Waals surface area contributed by atoms with E-state index >= 15 is 0 Å². The molecule has 0 aromatic carbocycles. The van der Waals surface area contributed by atoms with Crippen molar-refractivity contribution in [2.24, 2.45) is 0 Å². The van der Waals surface area contributed by atoms with E-state index in [0.717, 1.165) is 7.11 Å². The molecule has 0 spiro atoms. The number of hydrogen-bond acceptors (Lipinski definition) is 5. The van der Waals surface area contributed by atoms with Crippen molar-refractivity contribution >= 4 is 11.7 Å². The van der Waals surface area contributed by atoms with Gasteiger partial charge in [-0.15, -0.1) is 0 Å². The monoisotopic (exact) mass is 248 g/mol. The predicted octanol–water partition coefficient (Wildman–Crippen LogP) is 1.01. The summed E-state index contributed by atoms with van der Waals surface area (Å²) in [6.07, 6.45) is -3.28. The van der Waals surface area contributed by atoms with Crippen LogP contribution in [-0.4, -0.2) is 23.0 Å². The van der Waals surface area contributed by atoms with Gasteiger partial charge in [-0.2, -0.15) is 0 Å². The average molecular weight is 248 g/mol. The third-order valence-corrected chi connectivity index (χ3v) is 1.85. The first-order chi connectivity index (χ1) is 7.88. The van der Waals surface area contributed by atoms with Crippen LogP contribution in [0.25, 0.3) is 0 Å². The zero-order chi connectivity index (χ0) is 13.2. The molecule has 0 saturated carbocycles. The summed E-state index contributed by atoms with van der Waals surface area (Å²) in [5.74, 6) is -1.23. The molecule has 0 aliphatic heterocycles. The van der Waals surface area contributed by atoms with Gasteiger partial charge in [0.05, 0.1) is 12.0 Å². The number of halogens is 2. The van der Waals surface area contributed by atoms with Gasteiger partial charge in [0.25, 0.3) is 6.43 Å². The normalized spacial score (nSPS) is 10.4. The van der Waals surface area contributed by atoms with Gasteiger partial charge < -0.3 is 9.72 Å². The Labute approximate surface area is 92.2 Å². The number of aromatic nitrogens is 1. The van der Waals surface area contributed by atoms with E-state index < -0.39 is 39.8 Å². The van der Waals surface area contributed by atoms with E-state index in [4.69, 9.17) is 0 Å². The topological polar surface area (TPSA) is 102 Å². The van der Waals surface area contributed by atoms with E-state index in [-0.39, 0.29) is 0 Å². The first-order valence-corrected chi connectivity index (χ1v) is 4.16. The summed E-state index contributed by atoms with van der Waals surface area (Å²) in [5.41, 5.74) is -4.24. The van der Waals surface area contributed by atoms with Gasteiger partial charge in [0, 0.05) is 6.07 Å². The molecule has 7 nitrogen and oxygen atoms in total. The molecule has 1 heterocycles. The van der Waals surface area contributed by atoms with Crippen molar-refractivity contribution < 1.29 is 23.2 Å². The summed E-state index contributed by atoms with van der Waals surface area (Å²) in [6, 6.07) is 0.538. The number of rotatable bonds is 3. The molecule has 0 aliphatic carbocycles. The Bertz CT molecular complexity index is 525. The lowest BCUT2D eigenvalue weighted by Gasteiger charge is -2.05. The molecule has 0 amide bonds. The smallest absolute Gasteiger partial charge is 0.345 e. The lowest BCUT2D eigenvalue weighted by Crippen LogP contribution is -2.17. The average Bonchev–Trinajstić information content (AvgIpc) is 2.26. The molecule has 0 unspecified atom stereocenters. The molecule has 1 N–H and O–H groups in total. The number of hydrogen-bond donors (Lipinski definition) is 1. The molecule has 0 atom stereocenters. The highest BCUT2D eigenvalue weighted by molar-refractivity contribution is 5.94. The van der Waals surface area contributed by atoms with E-state index in [1.807, 2.05) is 0 Å². The van der Waals surface area contributed by atoms with Crippen LogP contribution in [-0.2, 0) is 4.74 Å². The van der Waals surface area contributed by atoms with Crippen LogP contribution in [0, 0.1) is 10.1 Å². The second-order valence-corrected chi connectivity index (χ2v) is 2.86. The third kappa shape index (κ3) is 2.44. The third-order valence-electron chi connectivity index (χ3n) is 1.85. The van der Waals surface area contributed by atoms with E-state index in [0.29, 0.717) is 6.07 Å². The van der Waals surface area contributed by atoms with Crippen molar-refractivity contribution in [3.05, 3.63) is 37.8 Å². The zero-order valence-corrected chi connectivity index (χ0v) is 8.40. The van der Waals surface area contributed by atoms with E-state index in [1.165, 1.54) is 0 Å². The fourth-order valence-corrected chi connectivity index (χ4v) is 1.19. The molecule has 1 aromatic heterocycles. The highest BCUT2D eigenvalue weighted by Crippen LogP contribution is 2.28. The van der Waals surface area contributed by atoms with Crippen molar-refractivity contribution in [1.29, 1.82) is 0 Å². The van der Waals surface area contributed by atoms with Gasteiger partial charge in [0.2, 0.25) is 5.56 Å². The number of nitro groups is 1. The summed E-state index contributed by atoms with van der Waals surface area (Å²) in [5, 5.41) is 10.6. The lowest BCUT2D eigenvalue weighted by molar-refractivity contribution is -0.387. The minimum atomic E-state index is -3.28. The number of pyridine rings is 1. The molecule has 9 heteroatoms. The quantitative estimate of drug-likeness (QED) is 0.488. The summed E-state index contributed by atoms with van der Waals surface area (Å²) >= 11 is 0. The summed E-state index contributed by atoms with van der Waals surface area (Å²) in [4.78, 5) is 33.2. The first kappa shape index (κ1) is 12.7. The number of methoxy groups -OCH3 is 1. The maximum Gasteiger partial charge on any atom is 0.345 e. The van der Waals surface area contributed by atoms with E-state index in [1.54, 1.807) is 4.98 Å². The first-order valence-electron chi connectivity index (χ1n) is 4.16. The Morgan fingerprint density at radius 3 is 2.59 bits per heavy atom. The lowest BCUT2D eigenvalue weighted by atomic mass is 10.2. The Morgan fingerprint density at radius 1 is 1.59 bits per heavy atom. The summed E-state index contributed by atoms with van der Waals surface area (Å²) in [7, 11) is 0.912. The maximum absolute atomic E-state index is 12.5. The maximum atomic E-state index is 12.5. The Hall–Kier alpha value is -2.32. The number of esters is 1. The van der Waals surface area contributed by atoms with Crippen molar-refractivity contribution in [2.45, 2.75) is 6.43 Å². The number of ether oxygens (including phenoxy) is 1. The number of aromatic amines is 1. The van der Waals surface area contributed by atoms with Crippen molar-refractivity contribution in [1.82, 2.24) is 4.98 Å². The molecule has 1 rings (SSSR count). The van der Waals surface area contributed by atoms with E-state index in [2.05, 4.69) is 4.74 Å². The molecule has 17 heavy (non-hydrogen) atoms. The van der Waals surface area contributed by atoms with Gasteiger partial charge in [0.1, 0.15) is 5.56 Å². The number of nitrogens with zero attached hydrogens (tertiary/aromatic N) is 1. The van der Waals surface area contributed by atoms with Gasteiger partial charge in [-0.05, 0) is 0 Å². The molecular formula is C8H6F2N2O5. The number of nitrogens with one attached hydrogen (secondary N) is 1. The van der Waals surface area contributed by atoms with Crippen LogP contribution >= 0.6 is 0 Å². The molecule has 1 aromatic rings. The Kier molecular flexibility index (Phi) is 3.51. The van der Waals surface area contributed by atoms with Crippen LogP contribution in [0.4, 0.5) is 14.5 Å². The molecule has 0 aliphatic rings. The second-order valence-electron chi connectivity index (χ2n) is 2.86. The molecule has 0 saturated heterocycles. The predicted molar refractivity (Wildman–Crippen MR) is 50.0 cm³/mol. The van der Waals surface area contributed by atoms with Crippen LogP contribution in [0.15, 0.2) is 10.9 Å². The van der Waals surface area contributed by atoms with Crippen LogP contribution in [0.5, 0.6) is 0 Å². The minimum Gasteiger partial charge on any atom is -0.465 e. The molecular weight excluding hydrogens is 242 g/mol. The van der Waals surface area contributed by atoms with Crippen LogP contribution < -0.4 is 5.56 Å². The van der Waals surface area contributed by atoms with Gasteiger partial charge >= 0.3 is 11.7 Å².